The highest BCUT2D eigenvalue weighted by molar-refractivity contribution is 6.31. The Balaban J connectivity index is 1.64. The standard InChI is InChI=1S/C21H15Cl3N6/c22-13-1-7-16(8-2-13)25-19-28-20(26-17-9-3-14(23)4-10-17)30-21(29-19)27-18-11-5-15(24)6-12-18/h1-12H,(H3,25,26,27,28,29,30). The van der Waals surface area contributed by atoms with Crippen LogP contribution in [0, 0.1) is 0 Å². The van der Waals surface area contributed by atoms with Gasteiger partial charge in [-0.15, -0.1) is 0 Å². The van der Waals surface area contributed by atoms with Crippen molar-refractivity contribution in [3.63, 3.8) is 0 Å². The topological polar surface area (TPSA) is 74.8 Å². The number of aromatic nitrogens is 3. The van der Waals surface area contributed by atoms with Crippen LogP contribution in [0.5, 0.6) is 0 Å². The molecule has 6 nitrogen and oxygen atoms in total. The van der Waals surface area contributed by atoms with Gasteiger partial charge in [0.05, 0.1) is 0 Å². The summed E-state index contributed by atoms with van der Waals surface area (Å²) in [4.78, 5) is 13.4. The molecule has 0 spiro atoms. The summed E-state index contributed by atoms with van der Waals surface area (Å²) >= 11 is 17.9. The zero-order chi connectivity index (χ0) is 20.9. The lowest BCUT2D eigenvalue weighted by Gasteiger charge is -2.12. The molecule has 150 valence electrons. The summed E-state index contributed by atoms with van der Waals surface area (Å²) in [5, 5.41) is 11.4. The van der Waals surface area contributed by atoms with Gasteiger partial charge in [-0.05, 0) is 72.8 Å². The molecule has 0 aliphatic heterocycles. The highest BCUT2D eigenvalue weighted by Crippen LogP contribution is 2.23. The minimum Gasteiger partial charge on any atom is -0.324 e. The van der Waals surface area contributed by atoms with Gasteiger partial charge >= 0.3 is 0 Å². The first-order valence-electron chi connectivity index (χ1n) is 8.87. The quantitative estimate of drug-likeness (QED) is 0.288. The van der Waals surface area contributed by atoms with Gasteiger partial charge in [0, 0.05) is 32.1 Å². The molecule has 0 atom stereocenters. The Bertz CT molecular complexity index is 974. The summed E-state index contributed by atoms with van der Waals surface area (Å²) in [6.45, 7) is 0. The number of hydrogen-bond donors (Lipinski definition) is 3. The van der Waals surface area contributed by atoms with Gasteiger partial charge in [-0.2, -0.15) is 15.0 Å². The predicted octanol–water partition coefficient (Wildman–Crippen LogP) is 7.06. The van der Waals surface area contributed by atoms with Crippen molar-refractivity contribution in [3.8, 4) is 0 Å². The molecule has 30 heavy (non-hydrogen) atoms. The molecule has 0 saturated carbocycles. The van der Waals surface area contributed by atoms with E-state index < -0.39 is 0 Å². The maximum Gasteiger partial charge on any atom is 0.233 e. The largest absolute Gasteiger partial charge is 0.324 e. The zero-order valence-electron chi connectivity index (χ0n) is 15.4. The molecule has 3 aromatic carbocycles. The molecule has 3 N–H and O–H groups in total. The van der Waals surface area contributed by atoms with Crippen molar-refractivity contribution in [1.29, 1.82) is 0 Å². The van der Waals surface area contributed by atoms with Crippen LogP contribution in [0.1, 0.15) is 0 Å². The molecular formula is C21H15Cl3N6. The van der Waals surface area contributed by atoms with Crippen molar-refractivity contribution >= 4 is 69.7 Å². The van der Waals surface area contributed by atoms with Gasteiger partial charge in [0.25, 0.3) is 0 Å². The van der Waals surface area contributed by atoms with Crippen LogP contribution in [-0.2, 0) is 0 Å². The molecule has 0 saturated heterocycles. The number of nitrogens with zero attached hydrogens (tertiary/aromatic N) is 3. The van der Waals surface area contributed by atoms with Crippen molar-refractivity contribution in [3.05, 3.63) is 87.9 Å². The minimum atomic E-state index is 0.361. The van der Waals surface area contributed by atoms with Gasteiger partial charge in [-0.1, -0.05) is 34.8 Å². The fourth-order valence-electron chi connectivity index (χ4n) is 2.53. The molecule has 4 rings (SSSR count). The van der Waals surface area contributed by atoms with Crippen LogP contribution >= 0.6 is 34.8 Å². The van der Waals surface area contributed by atoms with Crippen LogP contribution in [-0.4, -0.2) is 15.0 Å². The van der Waals surface area contributed by atoms with Gasteiger partial charge in [0.1, 0.15) is 0 Å². The molecule has 0 aliphatic carbocycles. The van der Waals surface area contributed by atoms with Crippen molar-refractivity contribution in [2.75, 3.05) is 16.0 Å². The number of benzene rings is 3. The van der Waals surface area contributed by atoms with E-state index in [9.17, 15) is 0 Å². The van der Waals surface area contributed by atoms with E-state index in [1.54, 1.807) is 36.4 Å². The summed E-state index contributed by atoms with van der Waals surface area (Å²) in [5.74, 6) is 1.08. The summed E-state index contributed by atoms with van der Waals surface area (Å²) < 4.78 is 0. The van der Waals surface area contributed by atoms with E-state index in [1.807, 2.05) is 36.4 Å². The maximum absolute atomic E-state index is 5.96. The highest BCUT2D eigenvalue weighted by atomic mass is 35.5. The van der Waals surface area contributed by atoms with Gasteiger partial charge in [0.15, 0.2) is 0 Å². The second kappa shape index (κ2) is 9.17. The van der Waals surface area contributed by atoms with Crippen molar-refractivity contribution in [1.82, 2.24) is 15.0 Å². The predicted molar refractivity (Wildman–Crippen MR) is 124 cm³/mol. The van der Waals surface area contributed by atoms with Gasteiger partial charge in [0.2, 0.25) is 17.8 Å². The number of halogens is 3. The molecule has 1 heterocycles. The number of hydrogen-bond acceptors (Lipinski definition) is 6. The van der Waals surface area contributed by atoms with Crippen LogP contribution in [0.15, 0.2) is 72.8 Å². The van der Waals surface area contributed by atoms with Gasteiger partial charge in [-0.3, -0.25) is 0 Å². The van der Waals surface area contributed by atoms with Crippen molar-refractivity contribution in [2.45, 2.75) is 0 Å². The third-order valence-corrected chi connectivity index (χ3v) is 4.69. The highest BCUT2D eigenvalue weighted by Gasteiger charge is 2.09. The molecule has 0 unspecified atom stereocenters. The van der Waals surface area contributed by atoms with Crippen LogP contribution in [0.4, 0.5) is 34.9 Å². The summed E-state index contributed by atoms with van der Waals surface area (Å²) in [5.41, 5.74) is 2.38. The minimum absolute atomic E-state index is 0.361. The second-order valence-corrected chi connectivity index (χ2v) is 7.51. The number of nitrogens with one attached hydrogen (secondary N) is 3. The monoisotopic (exact) mass is 456 g/mol. The molecular weight excluding hydrogens is 443 g/mol. The summed E-state index contributed by atoms with van der Waals surface area (Å²) in [6.07, 6.45) is 0. The van der Waals surface area contributed by atoms with Crippen molar-refractivity contribution in [2.24, 2.45) is 0 Å². The fraction of sp³-hybridized carbons (Fsp3) is 0. The lowest BCUT2D eigenvalue weighted by atomic mass is 10.3. The van der Waals surface area contributed by atoms with Gasteiger partial charge < -0.3 is 16.0 Å². The van der Waals surface area contributed by atoms with E-state index in [0.29, 0.717) is 32.9 Å². The van der Waals surface area contributed by atoms with E-state index in [-0.39, 0.29) is 0 Å². The normalized spacial score (nSPS) is 10.5. The zero-order valence-corrected chi connectivity index (χ0v) is 17.7. The number of rotatable bonds is 6. The van der Waals surface area contributed by atoms with E-state index in [0.717, 1.165) is 17.1 Å². The van der Waals surface area contributed by atoms with Crippen LogP contribution in [0.2, 0.25) is 15.1 Å². The van der Waals surface area contributed by atoms with E-state index in [2.05, 4.69) is 30.9 Å². The number of anilines is 6. The third-order valence-electron chi connectivity index (χ3n) is 3.94. The molecule has 0 fully saturated rings. The molecule has 9 heteroatoms. The molecule has 0 radical (unpaired) electrons. The Labute approximate surface area is 188 Å². The first-order valence-corrected chi connectivity index (χ1v) is 10.0. The van der Waals surface area contributed by atoms with Crippen molar-refractivity contribution < 1.29 is 0 Å². The molecule has 0 aliphatic rings. The Morgan fingerprint density at radius 3 is 0.867 bits per heavy atom. The Kier molecular flexibility index (Phi) is 6.18. The second-order valence-electron chi connectivity index (χ2n) is 6.20. The van der Waals surface area contributed by atoms with Crippen LogP contribution in [0.25, 0.3) is 0 Å². The average Bonchev–Trinajstić information content (AvgIpc) is 2.73. The first kappa shape index (κ1) is 20.2. The summed E-state index contributed by atoms with van der Waals surface area (Å²) in [7, 11) is 0. The lowest BCUT2D eigenvalue weighted by molar-refractivity contribution is 1.06. The molecule has 0 bridgehead atoms. The molecule has 1 aromatic heterocycles. The lowest BCUT2D eigenvalue weighted by Crippen LogP contribution is -2.07. The fourth-order valence-corrected chi connectivity index (χ4v) is 2.91. The summed E-state index contributed by atoms with van der Waals surface area (Å²) in [6, 6.07) is 21.7. The maximum atomic E-state index is 5.96. The van der Waals surface area contributed by atoms with Gasteiger partial charge in [-0.25, -0.2) is 0 Å². The molecule has 4 aromatic rings. The van der Waals surface area contributed by atoms with E-state index in [1.165, 1.54) is 0 Å². The SMILES string of the molecule is Clc1ccc(Nc2nc(Nc3ccc(Cl)cc3)nc(Nc3ccc(Cl)cc3)n2)cc1. The van der Waals surface area contributed by atoms with Crippen LogP contribution < -0.4 is 16.0 Å². The Hall–Kier alpha value is -3.06. The average molecular weight is 458 g/mol. The Morgan fingerprint density at radius 2 is 0.633 bits per heavy atom. The first-order chi connectivity index (χ1) is 14.5. The Morgan fingerprint density at radius 1 is 0.400 bits per heavy atom. The van der Waals surface area contributed by atoms with E-state index in [4.69, 9.17) is 34.8 Å². The third kappa shape index (κ3) is 5.51. The van der Waals surface area contributed by atoms with E-state index >= 15 is 0 Å². The van der Waals surface area contributed by atoms with Crippen LogP contribution in [0.3, 0.4) is 0 Å². The smallest absolute Gasteiger partial charge is 0.233 e. The molecule has 0 amide bonds.